The van der Waals surface area contributed by atoms with Crippen LogP contribution in [0.15, 0.2) is 54.6 Å². The van der Waals surface area contributed by atoms with E-state index in [4.69, 9.17) is 4.74 Å². The average Bonchev–Trinajstić information content (AvgIpc) is 3.12. The van der Waals surface area contributed by atoms with Gasteiger partial charge in [-0.05, 0) is 36.8 Å². The molecule has 0 saturated carbocycles. The monoisotopic (exact) mass is 412 g/mol. The first-order chi connectivity index (χ1) is 14.4. The molecule has 0 atom stereocenters. The second-order valence-corrected chi connectivity index (χ2v) is 6.45. The minimum Gasteiger partial charge on any atom is -0.469 e. The van der Waals surface area contributed by atoms with Gasteiger partial charge in [-0.1, -0.05) is 30.3 Å². The van der Waals surface area contributed by atoms with Crippen LogP contribution in [0.3, 0.4) is 0 Å². The summed E-state index contributed by atoms with van der Waals surface area (Å²) in [6.07, 6.45) is -0.521. The molecule has 0 saturated heterocycles. The third kappa shape index (κ3) is 4.48. The first-order valence-corrected chi connectivity index (χ1v) is 9.34. The zero-order chi connectivity index (χ0) is 21.7. The highest BCUT2D eigenvalue weighted by Gasteiger charge is 2.26. The SMILES string of the molecule is CCOC(=O)c1cc2ccccc2n1N(Cc1ccc(F)cc1)C(=O)CC(=O)OC. The Balaban J connectivity index is 2.13. The van der Waals surface area contributed by atoms with Crippen LogP contribution in [-0.2, 0) is 25.6 Å². The quantitative estimate of drug-likeness (QED) is 0.440. The number of carbonyl (C=O) groups excluding carboxylic acids is 3. The Labute approximate surface area is 172 Å². The van der Waals surface area contributed by atoms with Gasteiger partial charge in [0.25, 0.3) is 5.91 Å². The number of amides is 1. The van der Waals surface area contributed by atoms with E-state index in [9.17, 15) is 18.8 Å². The van der Waals surface area contributed by atoms with Gasteiger partial charge in [0, 0.05) is 5.39 Å². The molecule has 30 heavy (non-hydrogen) atoms. The highest BCUT2D eigenvalue weighted by molar-refractivity contribution is 6.02. The number of ether oxygens (including phenoxy) is 2. The van der Waals surface area contributed by atoms with E-state index in [0.29, 0.717) is 11.1 Å². The molecular weight excluding hydrogens is 391 g/mol. The summed E-state index contributed by atoms with van der Waals surface area (Å²) in [5.74, 6) is -2.31. The number of carbonyl (C=O) groups is 3. The van der Waals surface area contributed by atoms with E-state index < -0.39 is 30.1 Å². The number of methoxy groups -OCH3 is 1. The van der Waals surface area contributed by atoms with Gasteiger partial charge in [0.05, 0.1) is 25.8 Å². The molecule has 156 valence electrons. The molecule has 0 aliphatic heterocycles. The van der Waals surface area contributed by atoms with Crippen molar-refractivity contribution in [3.05, 3.63) is 71.7 Å². The Morgan fingerprint density at radius 3 is 2.43 bits per heavy atom. The Hall–Kier alpha value is -3.68. The van der Waals surface area contributed by atoms with Crippen LogP contribution >= 0.6 is 0 Å². The molecule has 1 heterocycles. The van der Waals surface area contributed by atoms with Crippen molar-refractivity contribution in [3.63, 3.8) is 0 Å². The standard InChI is InChI=1S/C22H21FN2O5/c1-3-30-22(28)19-12-16-6-4-5-7-18(16)25(19)24(20(26)13-21(27)29-2)14-15-8-10-17(23)11-9-15/h4-12H,3,13-14H2,1-2H3. The summed E-state index contributed by atoms with van der Waals surface area (Å²) < 4.78 is 24.5. The molecule has 0 unspecified atom stereocenters. The molecule has 0 aliphatic carbocycles. The predicted octanol–water partition coefficient (Wildman–Crippen LogP) is 3.19. The lowest BCUT2D eigenvalue weighted by Crippen LogP contribution is -2.42. The lowest BCUT2D eigenvalue weighted by Gasteiger charge is -2.26. The number of halogens is 1. The van der Waals surface area contributed by atoms with Gasteiger partial charge in [-0.15, -0.1) is 0 Å². The maximum Gasteiger partial charge on any atom is 0.356 e. The predicted molar refractivity (Wildman–Crippen MR) is 108 cm³/mol. The summed E-state index contributed by atoms with van der Waals surface area (Å²) >= 11 is 0. The van der Waals surface area contributed by atoms with Crippen molar-refractivity contribution in [3.8, 4) is 0 Å². The number of para-hydroxylation sites is 1. The van der Waals surface area contributed by atoms with Crippen molar-refractivity contribution in [2.24, 2.45) is 0 Å². The molecule has 3 rings (SSSR count). The molecule has 0 fully saturated rings. The van der Waals surface area contributed by atoms with Crippen LogP contribution in [0.1, 0.15) is 29.4 Å². The molecule has 0 spiro atoms. The molecular formula is C22H21FN2O5. The molecule has 0 aliphatic rings. The number of hydrogen-bond donors (Lipinski definition) is 0. The van der Waals surface area contributed by atoms with Crippen LogP contribution in [-0.4, -0.2) is 36.2 Å². The lowest BCUT2D eigenvalue weighted by atomic mass is 10.2. The third-order valence-corrected chi connectivity index (χ3v) is 4.47. The normalized spacial score (nSPS) is 10.6. The molecule has 1 amide bonds. The van der Waals surface area contributed by atoms with Crippen molar-refractivity contribution >= 4 is 28.7 Å². The van der Waals surface area contributed by atoms with Gasteiger partial charge in [0.2, 0.25) is 0 Å². The summed E-state index contributed by atoms with van der Waals surface area (Å²) in [4.78, 5) is 37.4. The van der Waals surface area contributed by atoms with E-state index in [1.807, 2.05) is 6.07 Å². The Morgan fingerprint density at radius 1 is 1.07 bits per heavy atom. The molecule has 1 aromatic heterocycles. The Bertz CT molecular complexity index is 1070. The molecule has 0 radical (unpaired) electrons. The van der Waals surface area contributed by atoms with E-state index >= 15 is 0 Å². The maximum atomic E-state index is 13.3. The largest absolute Gasteiger partial charge is 0.469 e. The summed E-state index contributed by atoms with van der Waals surface area (Å²) in [5, 5.41) is 1.98. The van der Waals surface area contributed by atoms with E-state index in [0.717, 1.165) is 5.39 Å². The van der Waals surface area contributed by atoms with Crippen LogP contribution in [0.4, 0.5) is 4.39 Å². The first kappa shape index (κ1) is 21.0. The zero-order valence-electron chi connectivity index (χ0n) is 16.6. The second kappa shape index (κ2) is 9.21. The maximum absolute atomic E-state index is 13.3. The molecule has 0 bridgehead atoms. The van der Waals surface area contributed by atoms with Gasteiger partial charge in [0.15, 0.2) is 0 Å². The van der Waals surface area contributed by atoms with Gasteiger partial charge in [0.1, 0.15) is 17.9 Å². The van der Waals surface area contributed by atoms with E-state index in [1.165, 1.54) is 41.1 Å². The van der Waals surface area contributed by atoms with Crippen molar-refractivity contribution < 1.29 is 28.2 Å². The topological polar surface area (TPSA) is 77.8 Å². The second-order valence-electron chi connectivity index (χ2n) is 6.45. The van der Waals surface area contributed by atoms with Gasteiger partial charge < -0.3 is 9.47 Å². The number of aromatic nitrogens is 1. The average molecular weight is 412 g/mol. The van der Waals surface area contributed by atoms with Crippen molar-refractivity contribution in [1.29, 1.82) is 0 Å². The fourth-order valence-electron chi connectivity index (χ4n) is 3.07. The number of benzene rings is 2. The van der Waals surface area contributed by atoms with Crippen LogP contribution in [0.25, 0.3) is 10.9 Å². The first-order valence-electron chi connectivity index (χ1n) is 9.34. The number of nitrogens with zero attached hydrogens (tertiary/aromatic N) is 2. The Morgan fingerprint density at radius 2 is 1.77 bits per heavy atom. The number of fused-ring (bicyclic) bond motifs is 1. The van der Waals surface area contributed by atoms with Crippen molar-refractivity contribution in [1.82, 2.24) is 4.68 Å². The molecule has 0 N–H and O–H groups in total. The van der Waals surface area contributed by atoms with Gasteiger partial charge in [-0.2, -0.15) is 0 Å². The summed E-state index contributed by atoms with van der Waals surface area (Å²) in [5.41, 5.74) is 1.33. The number of esters is 2. The van der Waals surface area contributed by atoms with Crippen molar-refractivity contribution in [2.75, 3.05) is 18.7 Å². The highest BCUT2D eigenvalue weighted by atomic mass is 19.1. The van der Waals surface area contributed by atoms with Crippen LogP contribution in [0.5, 0.6) is 0 Å². The van der Waals surface area contributed by atoms with Crippen LogP contribution < -0.4 is 5.01 Å². The van der Waals surface area contributed by atoms with E-state index in [-0.39, 0.29) is 18.8 Å². The minimum absolute atomic E-state index is 0.00118. The highest BCUT2D eigenvalue weighted by Crippen LogP contribution is 2.23. The summed E-state index contributed by atoms with van der Waals surface area (Å²) in [6.45, 7) is 1.85. The zero-order valence-corrected chi connectivity index (χ0v) is 16.6. The van der Waals surface area contributed by atoms with Crippen LogP contribution in [0, 0.1) is 5.82 Å². The van der Waals surface area contributed by atoms with Gasteiger partial charge in [-0.3, -0.25) is 9.59 Å². The van der Waals surface area contributed by atoms with Crippen LogP contribution in [0.2, 0.25) is 0 Å². The molecule has 3 aromatic rings. The summed E-state index contributed by atoms with van der Waals surface area (Å²) in [6, 6.07) is 14.4. The lowest BCUT2D eigenvalue weighted by molar-refractivity contribution is -0.143. The van der Waals surface area contributed by atoms with Gasteiger partial charge in [-0.25, -0.2) is 18.9 Å². The van der Waals surface area contributed by atoms with E-state index in [1.54, 1.807) is 31.2 Å². The fraction of sp³-hybridized carbons (Fsp3) is 0.227. The molecule has 2 aromatic carbocycles. The minimum atomic E-state index is -0.710. The van der Waals surface area contributed by atoms with Crippen molar-refractivity contribution in [2.45, 2.75) is 19.9 Å². The fourth-order valence-corrected chi connectivity index (χ4v) is 3.07. The molecule has 8 heteroatoms. The summed E-state index contributed by atoms with van der Waals surface area (Å²) in [7, 11) is 1.19. The number of rotatable bonds is 7. The smallest absolute Gasteiger partial charge is 0.356 e. The third-order valence-electron chi connectivity index (χ3n) is 4.47. The van der Waals surface area contributed by atoms with E-state index in [2.05, 4.69) is 4.74 Å². The molecule has 7 nitrogen and oxygen atoms in total. The number of hydrogen-bond acceptors (Lipinski definition) is 5. The Kier molecular flexibility index (Phi) is 6.46. The van der Waals surface area contributed by atoms with Gasteiger partial charge >= 0.3 is 11.9 Å².